The zero-order valence-electron chi connectivity index (χ0n) is 15.1. The fourth-order valence-electron chi connectivity index (χ4n) is 2.49. The van der Waals surface area contributed by atoms with E-state index in [-0.39, 0.29) is 17.2 Å². The summed E-state index contributed by atoms with van der Waals surface area (Å²) in [6.45, 7) is 1.94. The lowest BCUT2D eigenvalue weighted by atomic mass is 10.2. The van der Waals surface area contributed by atoms with Gasteiger partial charge in [0.25, 0.3) is 5.56 Å². The number of methoxy groups -OCH3 is 2. The van der Waals surface area contributed by atoms with Gasteiger partial charge in [0, 0.05) is 10.9 Å². The van der Waals surface area contributed by atoms with Crippen molar-refractivity contribution < 1.29 is 14.3 Å². The largest absolute Gasteiger partial charge is 0.497 e. The molecule has 3 rings (SSSR count). The lowest BCUT2D eigenvalue weighted by Gasteiger charge is -2.11. The standard InChI is InChI=1S/C18H19N3O4S2/c1-10-6-12-17(23)20-15(21-18(12)27-10)8-26-9-16(22)19-13-5-4-11(24-2)7-14(13)25-3/h4-7H,8-9H2,1-3H3,(H,19,22)(H,20,21,23). The maximum atomic E-state index is 12.2. The summed E-state index contributed by atoms with van der Waals surface area (Å²) in [5.41, 5.74) is 0.429. The highest BCUT2D eigenvalue weighted by molar-refractivity contribution is 7.99. The van der Waals surface area contributed by atoms with Crippen molar-refractivity contribution in [3.8, 4) is 11.5 Å². The number of hydrogen-bond donors (Lipinski definition) is 2. The average Bonchev–Trinajstić information content (AvgIpc) is 3.03. The summed E-state index contributed by atoms with van der Waals surface area (Å²) < 4.78 is 10.4. The lowest BCUT2D eigenvalue weighted by molar-refractivity contribution is -0.113. The highest BCUT2D eigenvalue weighted by atomic mass is 32.2. The Labute approximate surface area is 164 Å². The molecular weight excluding hydrogens is 386 g/mol. The molecule has 0 fully saturated rings. The summed E-state index contributed by atoms with van der Waals surface area (Å²) in [4.78, 5) is 33.3. The minimum Gasteiger partial charge on any atom is -0.497 e. The second-order valence-electron chi connectivity index (χ2n) is 5.70. The molecule has 1 aromatic carbocycles. The van der Waals surface area contributed by atoms with Gasteiger partial charge in [-0.3, -0.25) is 9.59 Å². The first-order valence-corrected chi connectivity index (χ1v) is 10.1. The summed E-state index contributed by atoms with van der Waals surface area (Å²) in [5.74, 6) is 2.23. The molecule has 1 amide bonds. The number of carbonyl (C=O) groups is 1. The van der Waals surface area contributed by atoms with Crippen molar-refractivity contribution in [3.63, 3.8) is 0 Å². The van der Waals surface area contributed by atoms with E-state index in [4.69, 9.17) is 9.47 Å². The highest BCUT2D eigenvalue weighted by Gasteiger charge is 2.11. The molecule has 142 valence electrons. The third-order valence-corrected chi connectivity index (χ3v) is 5.62. The van der Waals surface area contributed by atoms with E-state index in [2.05, 4.69) is 15.3 Å². The molecule has 0 saturated heterocycles. The van der Waals surface area contributed by atoms with E-state index in [1.807, 2.05) is 13.0 Å². The summed E-state index contributed by atoms with van der Waals surface area (Å²) >= 11 is 2.86. The second kappa shape index (κ2) is 8.45. The van der Waals surface area contributed by atoms with Gasteiger partial charge in [-0.1, -0.05) is 0 Å². The van der Waals surface area contributed by atoms with E-state index in [0.29, 0.717) is 34.1 Å². The molecule has 0 bridgehead atoms. The predicted octanol–water partition coefficient (Wildman–Crippen LogP) is 3.18. The van der Waals surface area contributed by atoms with Crippen molar-refractivity contribution in [2.45, 2.75) is 12.7 Å². The number of thioether (sulfide) groups is 1. The monoisotopic (exact) mass is 405 g/mol. The molecule has 2 aromatic heterocycles. The van der Waals surface area contributed by atoms with Crippen LogP contribution in [0.1, 0.15) is 10.7 Å². The maximum Gasteiger partial charge on any atom is 0.259 e. The number of aromatic nitrogens is 2. The van der Waals surface area contributed by atoms with Gasteiger partial charge < -0.3 is 19.8 Å². The van der Waals surface area contributed by atoms with E-state index >= 15 is 0 Å². The van der Waals surface area contributed by atoms with Crippen LogP contribution in [0.2, 0.25) is 0 Å². The van der Waals surface area contributed by atoms with E-state index < -0.39 is 0 Å². The molecule has 9 heteroatoms. The van der Waals surface area contributed by atoms with Crippen molar-refractivity contribution in [2.75, 3.05) is 25.3 Å². The van der Waals surface area contributed by atoms with Crippen LogP contribution in [0, 0.1) is 6.92 Å². The van der Waals surface area contributed by atoms with Crippen LogP contribution in [0.5, 0.6) is 11.5 Å². The number of ether oxygens (including phenoxy) is 2. The first kappa shape index (κ1) is 19.2. The molecule has 0 unspecified atom stereocenters. The minimum absolute atomic E-state index is 0.146. The van der Waals surface area contributed by atoms with Gasteiger partial charge in [0.1, 0.15) is 22.2 Å². The summed E-state index contributed by atoms with van der Waals surface area (Å²) in [6.07, 6.45) is 0. The van der Waals surface area contributed by atoms with Crippen LogP contribution < -0.4 is 20.3 Å². The van der Waals surface area contributed by atoms with E-state index in [0.717, 1.165) is 9.71 Å². The van der Waals surface area contributed by atoms with E-state index in [9.17, 15) is 9.59 Å². The normalized spacial score (nSPS) is 10.8. The Kier molecular flexibility index (Phi) is 6.02. The van der Waals surface area contributed by atoms with Gasteiger partial charge in [0.05, 0.1) is 36.8 Å². The third-order valence-electron chi connectivity index (χ3n) is 3.73. The molecule has 2 N–H and O–H groups in total. The Morgan fingerprint density at radius 2 is 2.11 bits per heavy atom. The van der Waals surface area contributed by atoms with Gasteiger partial charge in [-0.15, -0.1) is 23.1 Å². The number of thiophene rings is 1. The number of hydrogen-bond acceptors (Lipinski definition) is 7. The average molecular weight is 406 g/mol. The van der Waals surface area contributed by atoms with Crippen LogP contribution in [0.4, 0.5) is 5.69 Å². The number of rotatable bonds is 7. The van der Waals surface area contributed by atoms with Crippen LogP contribution in [0.3, 0.4) is 0 Å². The van der Waals surface area contributed by atoms with Crippen LogP contribution in [0.15, 0.2) is 29.1 Å². The second-order valence-corrected chi connectivity index (χ2v) is 7.92. The van der Waals surface area contributed by atoms with Crippen LogP contribution in [-0.2, 0) is 10.5 Å². The van der Waals surface area contributed by atoms with Crippen LogP contribution >= 0.6 is 23.1 Å². The molecule has 0 aliphatic carbocycles. The SMILES string of the molecule is COc1ccc(NC(=O)CSCc2nc3sc(C)cc3c(=O)[nH]2)c(OC)c1. The third kappa shape index (κ3) is 4.61. The first-order valence-electron chi connectivity index (χ1n) is 8.09. The number of fused-ring (bicyclic) bond motifs is 1. The summed E-state index contributed by atoms with van der Waals surface area (Å²) in [5, 5.41) is 3.42. The van der Waals surface area contributed by atoms with Crippen LogP contribution in [0.25, 0.3) is 10.2 Å². The Bertz CT molecular complexity index is 1030. The van der Waals surface area contributed by atoms with Gasteiger partial charge in [-0.2, -0.15) is 0 Å². The van der Waals surface area contributed by atoms with E-state index in [1.165, 1.54) is 30.2 Å². The molecule has 7 nitrogen and oxygen atoms in total. The number of amides is 1. The van der Waals surface area contributed by atoms with Crippen molar-refractivity contribution in [2.24, 2.45) is 0 Å². The number of H-pyrrole nitrogens is 1. The number of aryl methyl sites for hydroxylation is 1. The van der Waals surface area contributed by atoms with Crippen molar-refractivity contribution in [1.29, 1.82) is 0 Å². The molecule has 27 heavy (non-hydrogen) atoms. The van der Waals surface area contributed by atoms with Crippen molar-refractivity contribution >= 4 is 44.9 Å². The molecular formula is C18H19N3O4S2. The zero-order valence-corrected chi connectivity index (χ0v) is 16.8. The van der Waals surface area contributed by atoms with Gasteiger partial charge >= 0.3 is 0 Å². The molecule has 0 aliphatic rings. The molecule has 0 spiro atoms. The summed E-state index contributed by atoms with van der Waals surface area (Å²) in [6, 6.07) is 7.01. The number of benzene rings is 1. The smallest absolute Gasteiger partial charge is 0.259 e. The Morgan fingerprint density at radius 3 is 2.85 bits per heavy atom. The minimum atomic E-state index is -0.168. The number of anilines is 1. The molecule has 2 heterocycles. The zero-order chi connectivity index (χ0) is 19.4. The number of carbonyl (C=O) groups excluding carboxylic acids is 1. The van der Waals surface area contributed by atoms with Gasteiger partial charge in [0.2, 0.25) is 5.91 Å². The number of nitrogens with one attached hydrogen (secondary N) is 2. The quantitative estimate of drug-likeness (QED) is 0.627. The predicted molar refractivity (Wildman–Crippen MR) is 109 cm³/mol. The Hall–Kier alpha value is -2.52. The van der Waals surface area contributed by atoms with E-state index in [1.54, 1.807) is 25.3 Å². The molecule has 0 radical (unpaired) electrons. The fourth-order valence-corrected chi connectivity index (χ4v) is 4.08. The number of nitrogens with zero attached hydrogens (tertiary/aromatic N) is 1. The van der Waals surface area contributed by atoms with Crippen molar-refractivity contribution in [3.05, 3.63) is 45.3 Å². The topological polar surface area (TPSA) is 93.3 Å². The molecule has 3 aromatic rings. The Morgan fingerprint density at radius 1 is 1.30 bits per heavy atom. The molecule has 0 atom stereocenters. The van der Waals surface area contributed by atoms with Crippen LogP contribution in [-0.4, -0.2) is 35.8 Å². The molecule has 0 saturated carbocycles. The summed E-state index contributed by atoms with van der Waals surface area (Å²) in [7, 11) is 3.10. The molecule has 0 aliphatic heterocycles. The van der Waals surface area contributed by atoms with Gasteiger partial charge in [-0.05, 0) is 25.1 Å². The highest BCUT2D eigenvalue weighted by Crippen LogP contribution is 2.29. The van der Waals surface area contributed by atoms with Gasteiger partial charge in [0.15, 0.2) is 0 Å². The fraction of sp³-hybridized carbons (Fsp3) is 0.278. The number of aromatic amines is 1. The first-order chi connectivity index (χ1) is 13.0. The Balaban J connectivity index is 1.59. The van der Waals surface area contributed by atoms with Crippen molar-refractivity contribution in [1.82, 2.24) is 9.97 Å². The van der Waals surface area contributed by atoms with Gasteiger partial charge in [-0.25, -0.2) is 4.98 Å². The lowest BCUT2D eigenvalue weighted by Crippen LogP contribution is -2.15. The maximum absolute atomic E-state index is 12.2.